The lowest BCUT2D eigenvalue weighted by Gasteiger charge is -2.06. The molecule has 98 valence electrons. The second kappa shape index (κ2) is 4.78. The lowest BCUT2D eigenvalue weighted by molar-refractivity contribution is 1.03. The van der Waals surface area contributed by atoms with Crippen LogP contribution in [-0.2, 0) is 6.54 Å². The van der Waals surface area contributed by atoms with Crippen LogP contribution in [0.5, 0.6) is 0 Å². The first kappa shape index (κ1) is 11.8. The van der Waals surface area contributed by atoms with Crippen molar-refractivity contribution in [3.8, 4) is 0 Å². The third-order valence-electron chi connectivity index (χ3n) is 2.54. The molecule has 0 aliphatic rings. The predicted octanol–water partition coefficient (Wildman–Crippen LogP) is 1.02. The largest absolute Gasteiger partial charge is 0.364 e. The van der Waals surface area contributed by atoms with Crippen molar-refractivity contribution in [2.75, 3.05) is 10.7 Å². The minimum atomic E-state index is 0.328. The quantitative estimate of drug-likeness (QED) is 0.415. The second-order valence-corrected chi connectivity index (χ2v) is 4.95. The standard InChI is InChI=1S/C10H12N8S/c1-5-14-6(4-19-5)2-12-8-7-3-13-18-9(7)16-10(15-8)17-11/h3-4H,2,11H2,1H3,(H3,12,13,15,16,17,18). The van der Waals surface area contributed by atoms with Crippen molar-refractivity contribution in [3.05, 3.63) is 22.3 Å². The molecule has 0 saturated heterocycles. The van der Waals surface area contributed by atoms with E-state index in [0.29, 0.717) is 24.0 Å². The molecule has 0 aliphatic heterocycles. The zero-order valence-corrected chi connectivity index (χ0v) is 11.0. The predicted molar refractivity (Wildman–Crippen MR) is 73.7 cm³/mol. The number of thiazole rings is 1. The molecule has 0 atom stereocenters. The second-order valence-electron chi connectivity index (χ2n) is 3.88. The number of nitrogens with one attached hydrogen (secondary N) is 3. The molecule has 3 heterocycles. The molecular weight excluding hydrogens is 264 g/mol. The smallest absolute Gasteiger partial charge is 0.241 e. The molecule has 0 unspecified atom stereocenters. The number of rotatable bonds is 4. The van der Waals surface area contributed by atoms with E-state index in [4.69, 9.17) is 5.84 Å². The topological polar surface area (TPSA) is 117 Å². The summed E-state index contributed by atoms with van der Waals surface area (Å²) in [7, 11) is 0. The average molecular weight is 276 g/mol. The van der Waals surface area contributed by atoms with Gasteiger partial charge in [-0.1, -0.05) is 0 Å². The summed E-state index contributed by atoms with van der Waals surface area (Å²) >= 11 is 1.62. The number of H-pyrrole nitrogens is 1. The highest BCUT2D eigenvalue weighted by atomic mass is 32.1. The lowest BCUT2D eigenvalue weighted by atomic mass is 10.4. The molecule has 0 bridgehead atoms. The first-order valence-electron chi connectivity index (χ1n) is 5.59. The van der Waals surface area contributed by atoms with E-state index in [9.17, 15) is 0 Å². The molecule has 0 aromatic carbocycles. The van der Waals surface area contributed by atoms with Gasteiger partial charge >= 0.3 is 0 Å². The highest BCUT2D eigenvalue weighted by molar-refractivity contribution is 7.09. The summed E-state index contributed by atoms with van der Waals surface area (Å²) in [6, 6.07) is 0. The zero-order valence-electron chi connectivity index (χ0n) is 10.1. The average Bonchev–Trinajstić information content (AvgIpc) is 3.04. The van der Waals surface area contributed by atoms with Gasteiger partial charge in [0.05, 0.1) is 28.8 Å². The summed E-state index contributed by atoms with van der Waals surface area (Å²) in [5.41, 5.74) is 4.03. The number of hydrogen-bond donors (Lipinski definition) is 4. The Hall–Kier alpha value is -2.26. The van der Waals surface area contributed by atoms with E-state index >= 15 is 0 Å². The van der Waals surface area contributed by atoms with E-state index in [1.54, 1.807) is 17.5 Å². The summed E-state index contributed by atoms with van der Waals surface area (Å²) in [5, 5.41) is 13.8. The van der Waals surface area contributed by atoms with Gasteiger partial charge < -0.3 is 5.32 Å². The summed E-state index contributed by atoms with van der Waals surface area (Å²) in [6.07, 6.45) is 1.67. The number of anilines is 2. The minimum Gasteiger partial charge on any atom is -0.364 e. The van der Waals surface area contributed by atoms with E-state index < -0.39 is 0 Å². The van der Waals surface area contributed by atoms with Crippen LogP contribution in [0, 0.1) is 6.92 Å². The van der Waals surface area contributed by atoms with Gasteiger partial charge in [0.15, 0.2) is 5.65 Å². The van der Waals surface area contributed by atoms with E-state index in [2.05, 4.69) is 35.9 Å². The van der Waals surface area contributed by atoms with Crippen molar-refractivity contribution in [2.24, 2.45) is 5.84 Å². The lowest BCUT2D eigenvalue weighted by Crippen LogP contribution is -2.12. The van der Waals surface area contributed by atoms with Crippen LogP contribution in [0.25, 0.3) is 11.0 Å². The van der Waals surface area contributed by atoms with Crippen molar-refractivity contribution >= 4 is 34.1 Å². The Balaban J connectivity index is 1.88. The molecule has 3 rings (SSSR count). The van der Waals surface area contributed by atoms with Crippen LogP contribution in [0.2, 0.25) is 0 Å². The SMILES string of the molecule is Cc1nc(CNc2nc(NN)nc3[nH]ncc23)cs1. The van der Waals surface area contributed by atoms with E-state index in [1.807, 2.05) is 12.3 Å². The number of nitrogen functional groups attached to an aromatic ring is 1. The van der Waals surface area contributed by atoms with Crippen LogP contribution >= 0.6 is 11.3 Å². The zero-order chi connectivity index (χ0) is 13.2. The third-order valence-corrected chi connectivity index (χ3v) is 3.36. The van der Waals surface area contributed by atoms with Gasteiger partial charge in [-0.2, -0.15) is 15.1 Å². The van der Waals surface area contributed by atoms with Crippen LogP contribution in [0.15, 0.2) is 11.6 Å². The van der Waals surface area contributed by atoms with Crippen LogP contribution in [-0.4, -0.2) is 25.1 Å². The molecule has 0 spiro atoms. The van der Waals surface area contributed by atoms with Gasteiger partial charge in [-0.15, -0.1) is 11.3 Å². The molecule has 0 amide bonds. The fourth-order valence-electron chi connectivity index (χ4n) is 1.70. The first-order valence-corrected chi connectivity index (χ1v) is 6.47. The molecular formula is C10H12N8S. The number of nitrogens with two attached hydrogens (primary N) is 1. The van der Waals surface area contributed by atoms with Gasteiger partial charge in [0, 0.05) is 5.38 Å². The van der Waals surface area contributed by atoms with Gasteiger partial charge in [0.25, 0.3) is 0 Å². The first-order chi connectivity index (χ1) is 9.26. The molecule has 3 aromatic rings. The fourth-order valence-corrected chi connectivity index (χ4v) is 2.31. The number of hydrazine groups is 1. The van der Waals surface area contributed by atoms with Crippen molar-refractivity contribution in [1.82, 2.24) is 25.1 Å². The maximum absolute atomic E-state index is 5.34. The number of nitrogens with zero attached hydrogens (tertiary/aromatic N) is 4. The Morgan fingerprint density at radius 3 is 3.00 bits per heavy atom. The van der Waals surface area contributed by atoms with Gasteiger partial charge in [0.1, 0.15) is 5.82 Å². The summed E-state index contributed by atoms with van der Waals surface area (Å²) in [6.45, 7) is 2.56. The Bertz CT molecular complexity index is 702. The Morgan fingerprint density at radius 1 is 1.37 bits per heavy atom. The summed E-state index contributed by atoms with van der Waals surface area (Å²) < 4.78 is 0. The maximum atomic E-state index is 5.34. The molecule has 0 radical (unpaired) electrons. The van der Waals surface area contributed by atoms with Crippen molar-refractivity contribution < 1.29 is 0 Å². The number of aromatic nitrogens is 5. The van der Waals surface area contributed by atoms with Gasteiger partial charge in [-0.25, -0.2) is 10.8 Å². The van der Waals surface area contributed by atoms with Crippen molar-refractivity contribution in [2.45, 2.75) is 13.5 Å². The molecule has 8 nitrogen and oxygen atoms in total. The molecule has 0 saturated carbocycles. The highest BCUT2D eigenvalue weighted by Gasteiger charge is 2.09. The maximum Gasteiger partial charge on any atom is 0.241 e. The third kappa shape index (κ3) is 2.33. The monoisotopic (exact) mass is 276 g/mol. The Morgan fingerprint density at radius 2 is 2.26 bits per heavy atom. The Labute approximate surface area is 112 Å². The van der Waals surface area contributed by atoms with Crippen molar-refractivity contribution in [1.29, 1.82) is 0 Å². The van der Waals surface area contributed by atoms with Crippen LogP contribution in [0.3, 0.4) is 0 Å². The van der Waals surface area contributed by atoms with E-state index in [1.165, 1.54) is 0 Å². The number of aryl methyl sites for hydroxylation is 1. The molecule has 5 N–H and O–H groups in total. The van der Waals surface area contributed by atoms with E-state index in [-0.39, 0.29) is 0 Å². The summed E-state index contributed by atoms with van der Waals surface area (Å²) in [4.78, 5) is 12.8. The van der Waals surface area contributed by atoms with Crippen LogP contribution in [0.1, 0.15) is 10.7 Å². The number of hydrogen-bond acceptors (Lipinski definition) is 8. The van der Waals surface area contributed by atoms with Crippen molar-refractivity contribution in [3.63, 3.8) is 0 Å². The number of aromatic amines is 1. The molecule has 3 aromatic heterocycles. The van der Waals surface area contributed by atoms with Gasteiger partial charge in [-0.3, -0.25) is 10.5 Å². The molecule has 19 heavy (non-hydrogen) atoms. The highest BCUT2D eigenvalue weighted by Crippen LogP contribution is 2.20. The molecule has 9 heteroatoms. The van der Waals surface area contributed by atoms with Gasteiger partial charge in [-0.05, 0) is 6.92 Å². The Kier molecular flexibility index (Phi) is 2.97. The molecule has 0 aliphatic carbocycles. The van der Waals surface area contributed by atoms with Crippen LogP contribution in [0.4, 0.5) is 11.8 Å². The fraction of sp³-hybridized carbons (Fsp3) is 0.200. The minimum absolute atomic E-state index is 0.328. The normalized spacial score (nSPS) is 10.8. The van der Waals surface area contributed by atoms with E-state index in [0.717, 1.165) is 16.1 Å². The number of fused-ring (bicyclic) bond motifs is 1. The summed E-state index contributed by atoms with van der Waals surface area (Å²) in [5.74, 6) is 6.33. The van der Waals surface area contributed by atoms with Crippen LogP contribution < -0.4 is 16.6 Å². The van der Waals surface area contributed by atoms with Gasteiger partial charge in [0.2, 0.25) is 5.95 Å². The molecule has 0 fully saturated rings.